The van der Waals surface area contributed by atoms with Crippen LogP contribution >= 0.6 is 0 Å². The van der Waals surface area contributed by atoms with Gasteiger partial charge in [0, 0.05) is 19.1 Å². The number of benzene rings is 1. The van der Waals surface area contributed by atoms with Gasteiger partial charge in [0.15, 0.2) is 11.5 Å². The lowest BCUT2D eigenvalue weighted by Gasteiger charge is -2.34. The third-order valence-corrected chi connectivity index (χ3v) is 4.20. The maximum Gasteiger partial charge on any atom is 0.161 e. The second kappa shape index (κ2) is 7.64. The number of fused-ring (bicyclic) bond motifs is 1. The summed E-state index contributed by atoms with van der Waals surface area (Å²) in [5, 5.41) is 18.4. The van der Waals surface area contributed by atoms with Gasteiger partial charge >= 0.3 is 0 Å². The molecule has 0 saturated heterocycles. The van der Waals surface area contributed by atoms with Crippen molar-refractivity contribution < 1.29 is 19.7 Å². The summed E-state index contributed by atoms with van der Waals surface area (Å²) in [6.45, 7) is 1.45. The minimum absolute atomic E-state index is 0.120. The molecule has 2 rings (SSSR count). The minimum Gasteiger partial charge on any atom is -0.493 e. The normalized spacial score (nSPS) is 17.7. The van der Waals surface area contributed by atoms with Crippen LogP contribution in [0.2, 0.25) is 0 Å². The molecule has 0 aromatic heterocycles. The molecule has 1 aromatic carbocycles. The molecule has 118 valence electrons. The van der Waals surface area contributed by atoms with Gasteiger partial charge in [0.1, 0.15) is 0 Å². The number of aliphatic hydroxyl groups excluding tert-OH is 2. The first-order valence-electron chi connectivity index (χ1n) is 7.43. The number of aryl methyl sites for hydroxylation is 1. The van der Waals surface area contributed by atoms with Crippen LogP contribution in [0.25, 0.3) is 0 Å². The zero-order chi connectivity index (χ0) is 15.2. The van der Waals surface area contributed by atoms with Crippen LogP contribution in [0.5, 0.6) is 11.5 Å². The van der Waals surface area contributed by atoms with E-state index in [0.717, 1.165) is 30.8 Å². The highest BCUT2D eigenvalue weighted by Crippen LogP contribution is 2.35. The predicted octanol–water partition coefficient (Wildman–Crippen LogP) is 0.848. The van der Waals surface area contributed by atoms with Crippen LogP contribution in [0.1, 0.15) is 17.5 Å². The summed E-state index contributed by atoms with van der Waals surface area (Å²) in [6, 6.07) is 4.47. The highest BCUT2D eigenvalue weighted by molar-refractivity contribution is 5.48. The Morgan fingerprint density at radius 1 is 1.05 bits per heavy atom. The molecule has 1 atom stereocenters. The number of ether oxygens (including phenoxy) is 2. The first-order valence-corrected chi connectivity index (χ1v) is 7.43. The number of rotatable bonds is 7. The van der Waals surface area contributed by atoms with E-state index in [1.807, 2.05) is 0 Å². The number of methoxy groups -OCH3 is 2. The summed E-state index contributed by atoms with van der Waals surface area (Å²) in [7, 11) is 3.30. The van der Waals surface area contributed by atoms with E-state index in [0.29, 0.717) is 19.1 Å². The molecule has 0 aliphatic heterocycles. The van der Waals surface area contributed by atoms with E-state index in [2.05, 4.69) is 17.0 Å². The summed E-state index contributed by atoms with van der Waals surface area (Å²) >= 11 is 0. The lowest BCUT2D eigenvalue weighted by molar-refractivity contribution is 0.114. The van der Waals surface area contributed by atoms with Crippen molar-refractivity contribution in [2.75, 3.05) is 40.5 Å². The van der Waals surface area contributed by atoms with Crippen LogP contribution in [-0.4, -0.2) is 61.7 Å². The quantitative estimate of drug-likeness (QED) is 0.781. The fraction of sp³-hybridized carbons (Fsp3) is 0.625. The average molecular weight is 295 g/mol. The van der Waals surface area contributed by atoms with Gasteiger partial charge in [-0.05, 0) is 42.5 Å². The van der Waals surface area contributed by atoms with Gasteiger partial charge in [-0.3, -0.25) is 4.90 Å². The average Bonchev–Trinajstić information content (AvgIpc) is 2.52. The molecular weight excluding hydrogens is 270 g/mol. The highest BCUT2D eigenvalue weighted by Gasteiger charge is 2.25. The van der Waals surface area contributed by atoms with Crippen molar-refractivity contribution in [3.8, 4) is 11.5 Å². The maximum atomic E-state index is 9.18. The minimum atomic E-state index is 0.120. The predicted molar refractivity (Wildman–Crippen MR) is 81.1 cm³/mol. The Kier molecular flexibility index (Phi) is 5.85. The van der Waals surface area contributed by atoms with Crippen LogP contribution in [0, 0.1) is 0 Å². The van der Waals surface area contributed by atoms with Gasteiger partial charge in [-0.1, -0.05) is 0 Å². The first-order chi connectivity index (χ1) is 10.2. The van der Waals surface area contributed by atoms with Crippen LogP contribution in [0.4, 0.5) is 0 Å². The van der Waals surface area contributed by atoms with Crippen molar-refractivity contribution in [1.29, 1.82) is 0 Å². The fourth-order valence-electron chi connectivity index (χ4n) is 3.11. The maximum absolute atomic E-state index is 9.18. The molecule has 1 aliphatic carbocycles. The Labute approximate surface area is 126 Å². The van der Waals surface area contributed by atoms with Crippen LogP contribution in [0.3, 0.4) is 0 Å². The van der Waals surface area contributed by atoms with Crippen molar-refractivity contribution in [3.63, 3.8) is 0 Å². The molecule has 1 aliphatic rings. The van der Waals surface area contributed by atoms with Gasteiger partial charge in [-0.25, -0.2) is 0 Å². The second-order valence-electron chi connectivity index (χ2n) is 5.36. The summed E-state index contributed by atoms with van der Waals surface area (Å²) < 4.78 is 10.7. The van der Waals surface area contributed by atoms with Crippen molar-refractivity contribution >= 4 is 0 Å². The van der Waals surface area contributed by atoms with Crippen molar-refractivity contribution in [2.45, 2.75) is 25.3 Å². The van der Waals surface area contributed by atoms with E-state index in [-0.39, 0.29) is 13.2 Å². The molecule has 0 amide bonds. The Morgan fingerprint density at radius 2 is 1.62 bits per heavy atom. The van der Waals surface area contributed by atoms with Crippen LogP contribution in [-0.2, 0) is 12.8 Å². The van der Waals surface area contributed by atoms with Gasteiger partial charge in [0.05, 0.1) is 27.4 Å². The van der Waals surface area contributed by atoms with E-state index in [1.54, 1.807) is 14.2 Å². The first kappa shape index (κ1) is 16.1. The van der Waals surface area contributed by atoms with Gasteiger partial charge in [0.25, 0.3) is 0 Å². The molecule has 0 heterocycles. The Morgan fingerprint density at radius 3 is 2.14 bits per heavy atom. The number of hydrogen-bond acceptors (Lipinski definition) is 5. The SMILES string of the molecule is COc1cc2c(cc1OC)CC(N(CCO)CCO)CC2. The molecule has 0 radical (unpaired) electrons. The smallest absolute Gasteiger partial charge is 0.161 e. The lowest BCUT2D eigenvalue weighted by Crippen LogP contribution is -2.42. The molecule has 1 unspecified atom stereocenters. The van der Waals surface area contributed by atoms with Crippen molar-refractivity contribution in [2.24, 2.45) is 0 Å². The van der Waals surface area contributed by atoms with E-state index in [4.69, 9.17) is 9.47 Å². The third kappa shape index (κ3) is 3.67. The topological polar surface area (TPSA) is 62.2 Å². The summed E-state index contributed by atoms with van der Waals surface area (Å²) in [6.07, 6.45) is 2.92. The summed E-state index contributed by atoms with van der Waals surface area (Å²) in [4.78, 5) is 2.17. The van der Waals surface area contributed by atoms with Gasteiger partial charge in [-0.15, -0.1) is 0 Å². The third-order valence-electron chi connectivity index (χ3n) is 4.20. The van der Waals surface area contributed by atoms with E-state index >= 15 is 0 Å². The number of hydrogen-bond donors (Lipinski definition) is 2. The molecule has 5 heteroatoms. The molecule has 0 fully saturated rings. The lowest BCUT2D eigenvalue weighted by atomic mass is 9.87. The fourth-order valence-corrected chi connectivity index (χ4v) is 3.11. The molecule has 5 nitrogen and oxygen atoms in total. The van der Waals surface area contributed by atoms with Crippen molar-refractivity contribution in [1.82, 2.24) is 4.90 Å². The Hall–Kier alpha value is -1.30. The van der Waals surface area contributed by atoms with Gasteiger partial charge in [-0.2, -0.15) is 0 Å². The molecule has 0 spiro atoms. The van der Waals surface area contributed by atoms with Gasteiger partial charge in [0.2, 0.25) is 0 Å². The zero-order valence-corrected chi connectivity index (χ0v) is 12.8. The molecule has 2 N–H and O–H groups in total. The standard InChI is InChI=1S/C16H25NO4/c1-20-15-10-12-3-4-14(17(5-7-18)6-8-19)9-13(12)11-16(15)21-2/h10-11,14,18-19H,3-9H2,1-2H3. The van der Waals surface area contributed by atoms with E-state index in [1.165, 1.54) is 11.1 Å². The van der Waals surface area contributed by atoms with Crippen molar-refractivity contribution in [3.05, 3.63) is 23.3 Å². The van der Waals surface area contributed by atoms with Crippen LogP contribution < -0.4 is 9.47 Å². The molecular formula is C16H25NO4. The second-order valence-corrected chi connectivity index (χ2v) is 5.36. The molecule has 0 saturated carbocycles. The Balaban J connectivity index is 2.18. The van der Waals surface area contributed by atoms with Crippen LogP contribution in [0.15, 0.2) is 12.1 Å². The van der Waals surface area contributed by atoms with E-state index < -0.39 is 0 Å². The summed E-state index contributed by atoms with van der Waals surface area (Å²) in [5.41, 5.74) is 2.57. The molecule has 0 bridgehead atoms. The van der Waals surface area contributed by atoms with E-state index in [9.17, 15) is 10.2 Å². The zero-order valence-electron chi connectivity index (χ0n) is 12.8. The monoisotopic (exact) mass is 295 g/mol. The highest BCUT2D eigenvalue weighted by atomic mass is 16.5. The number of aliphatic hydroxyl groups is 2. The van der Waals surface area contributed by atoms with Gasteiger partial charge < -0.3 is 19.7 Å². The Bertz CT molecular complexity index is 458. The largest absolute Gasteiger partial charge is 0.493 e. The summed E-state index contributed by atoms with van der Waals surface area (Å²) in [5.74, 6) is 1.53. The molecule has 1 aromatic rings. The number of nitrogens with zero attached hydrogens (tertiary/aromatic N) is 1. The molecule has 21 heavy (non-hydrogen) atoms.